The molecule has 3 heterocycles. The van der Waals surface area contributed by atoms with E-state index < -0.39 is 0 Å². The number of likely N-dealkylation sites (tertiary alicyclic amines) is 1. The van der Waals surface area contributed by atoms with Crippen molar-refractivity contribution >= 4 is 28.5 Å². The minimum absolute atomic E-state index is 0.0804. The quantitative estimate of drug-likeness (QED) is 0.671. The van der Waals surface area contributed by atoms with Crippen molar-refractivity contribution < 1.29 is 9.21 Å². The van der Waals surface area contributed by atoms with E-state index >= 15 is 0 Å². The first-order valence-corrected chi connectivity index (χ1v) is 9.82. The van der Waals surface area contributed by atoms with Crippen LogP contribution in [0.25, 0.3) is 11.0 Å². The molecule has 1 aliphatic rings. The number of hydrogen-bond donors (Lipinski definition) is 0. The molecule has 0 atom stereocenters. The van der Waals surface area contributed by atoms with Gasteiger partial charge in [-0.1, -0.05) is 11.6 Å². The van der Waals surface area contributed by atoms with Gasteiger partial charge in [0.05, 0.1) is 11.1 Å². The average molecular weight is 400 g/mol. The zero-order valence-corrected chi connectivity index (χ0v) is 16.7. The Morgan fingerprint density at radius 1 is 1.21 bits per heavy atom. The number of fused-ring (bicyclic) bond motifs is 1. The Morgan fingerprint density at radius 2 is 1.96 bits per heavy atom. The number of hydrogen-bond acceptors (Lipinski definition) is 4. The SMILES string of the molecule is Cc1cc(C)n(CC2CCN(C(=O)c3cc(=O)c4cc(Cl)ccc4o3)CC2)n1. The third-order valence-electron chi connectivity index (χ3n) is 5.34. The van der Waals surface area contributed by atoms with Crippen LogP contribution >= 0.6 is 11.6 Å². The summed E-state index contributed by atoms with van der Waals surface area (Å²) in [6.07, 6.45) is 1.80. The summed E-state index contributed by atoms with van der Waals surface area (Å²) in [5.41, 5.74) is 2.30. The van der Waals surface area contributed by atoms with Gasteiger partial charge in [0.25, 0.3) is 5.91 Å². The van der Waals surface area contributed by atoms with Crippen LogP contribution in [0.1, 0.15) is 34.8 Å². The lowest BCUT2D eigenvalue weighted by molar-refractivity contribution is 0.0649. The van der Waals surface area contributed by atoms with Gasteiger partial charge in [-0.3, -0.25) is 14.3 Å². The van der Waals surface area contributed by atoms with E-state index in [1.54, 1.807) is 23.1 Å². The molecule has 0 radical (unpaired) electrons. The van der Waals surface area contributed by atoms with Crippen LogP contribution < -0.4 is 5.43 Å². The molecule has 0 bridgehead atoms. The molecular weight excluding hydrogens is 378 g/mol. The molecule has 7 heteroatoms. The van der Waals surface area contributed by atoms with Crippen molar-refractivity contribution in [2.45, 2.75) is 33.2 Å². The molecule has 0 aliphatic carbocycles. The monoisotopic (exact) mass is 399 g/mol. The number of aromatic nitrogens is 2. The van der Waals surface area contributed by atoms with Gasteiger partial charge in [0, 0.05) is 36.4 Å². The van der Waals surface area contributed by atoms with Crippen molar-refractivity contribution in [2.24, 2.45) is 5.92 Å². The first-order valence-electron chi connectivity index (χ1n) is 9.44. The lowest BCUT2D eigenvalue weighted by Crippen LogP contribution is -2.39. The Balaban J connectivity index is 1.45. The van der Waals surface area contributed by atoms with Gasteiger partial charge in [0.2, 0.25) is 0 Å². The first-order chi connectivity index (χ1) is 13.4. The number of carbonyl (C=O) groups excluding carboxylic acids is 1. The van der Waals surface area contributed by atoms with Crippen LogP contribution in [0.3, 0.4) is 0 Å². The van der Waals surface area contributed by atoms with E-state index in [-0.39, 0.29) is 17.1 Å². The molecule has 1 aliphatic heterocycles. The van der Waals surface area contributed by atoms with Crippen molar-refractivity contribution in [3.8, 4) is 0 Å². The highest BCUT2D eigenvalue weighted by Crippen LogP contribution is 2.23. The van der Waals surface area contributed by atoms with Crippen LogP contribution in [-0.4, -0.2) is 33.7 Å². The molecule has 0 N–H and O–H groups in total. The van der Waals surface area contributed by atoms with Crippen LogP contribution in [0, 0.1) is 19.8 Å². The van der Waals surface area contributed by atoms with Crippen molar-refractivity contribution in [3.63, 3.8) is 0 Å². The van der Waals surface area contributed by atoms with Gasteiger partial charge in [-0.25, -0.2) is 0 Å². The van der Waals surface area contributed by atoms with Gasteiger partial charge >= 0.3 is 0 Å². The van der Waals surface area contributed by atoms with Gasteiger partial charge in [-0.05, 0) is 56.9 Å². The van der Waals surface area contributed by atoms with Gasteiger partial charge in [0.15, 0.2) is 11.2 Å². The van der Waals surface area contributed by atoms with Gasteiger partial charge < -0.3 is 9.32 Å². The topological polar surface area (TPSA) is 68.3 Å². The van der Waals surface area contributed by atoms with Gasteiger partial charge in [-0.2, -0.15) is 5.10 Å². The molecule has 3 aromatic rings. The van der Waals surface area contributed by atoms with E-state index in [2.05, 4.69) is 18.1 Å². The summed E-state index contributed by atoms with van der Waals surface area (Å²) >= 11 is 5.94. The molecule has 6 nitrogen and oxygen atoms in total. The Morgan fingerprint density at radius 3 is 2.64 bits per heavy atom. The van der Waals surface area contributed by atoms with E-state index in [1.165, 1.54) is 6.07 Å². The number of aryl methyl sites for hydroxylation is 2. The fourth-order valence-electron chi connectivity index (χ4n) is 3.81. The van der Waals surface area contributed by atoms with E-state index in [1.807, 2.05) is 11.6 Å². The van der Waals surface area contributed by atoms with E-state index in [0.29, 0.717) is 35.0 Å². The molecule has 1 aromatic carbocycles. The lowest BCUT2D eigenvalue weighted by atomic mass is 9.96. The van der Waals surface area contributed by atoms with Crippen LogP contribution in [-0.2, 0) is 6.54 Å². The Hall–Kier alpha value is -2.60. The van der Waals surface area contributed by atoms with Crippen molar-refractivity contribution in [3.05, 3.63) is 62.7 Å². The number of amides is 1. The number of rotatable bonds is 3. The molecule has 2 aromatic heterocycles. The van der Waals surface area contributed by atoms with Crippen LogP contribution in [0.2, 0.25) is 5.02 Å². The number of benzene rings is 1. The standard InChI is InChI=1S/C21H22ClN3O3/c1-13-9-14(2)25(23-13)12-15-5-7-24(8-6-15)21(27)20-11-18(26)17-10-16(22)3-4-19(17)28-20/h3-4,9-11,15H,5-8,12H2,1-2H3. The number of carbonyl (C=O) groups is 1. The predicted molar refractivity (Wildman–Crippen MR) is 108 cm³/mol. The third-order valence-corrected chi connectivity index (χ3v) is 5.57. The minimum Gasteiger partial charge on any atom is -0.451 e. The summed E-state index contributed by atoms with van der Waals surface area (Å²) in [5.74, 6) is 0.322. The Kier molecular flexibility index (Phi) is 4.98. The highest BCUT2D eigenvalue weighted by Gasteiger charge is 2.26. The van der Waals surface area contributed by atoms with E-state index in [9.17, 15) is 9.59 Å². The van der Waals surface area contributed by atoms with Crippen LogP contribution in [0.15, 0.2) is 39.5 Å². The zero-order chi connectivity index (χ0) is 19.8. The summed E-state index contributed by atoms with van der Waals surface area (Å²) in [6, 6.07) is 8.17. The van der Waals surface area contributed by atoms with Crippen molar-refractivity contribution in [1.29, 1.82) is 0 Å². The second-order valence-electron chi connectivity index (χ2n) is 7.46. The van der Waals surface area contributed by atoms with Crippen molar-refractivity contribution in [1.82, 2.24) is 14.7 Å². The predicted octanol–water partition coefficient (Wildman–Crippen LogP) is 3.81. The smallest absolute Gasteiger partial charge is 0.289 e. The van der Waals surface area contributed by atoms with Gasteiger partial charge in [0.1, 0.15) is 5.58 Å². The van der Waals surface area contributed by atoms with Crippen LogP contribution in [0.4, 0.5) is 0 Å². The summed E-state index contributed by atoms with van der Waals surface area (Å²) in [5, 5.41) is 5.37. The molecule has 1 saturated heterocycles. The highest BCUT2D eigenvalue weighted by molar-refractivity contribution is 6.31. The first kappa shape index (κ1) is 18.7. The molecule has 0 unspecified atom stereocenters. The molecule has 1 amide bonds. The molecule has 146 valence electrons. The second kappa shape index (κ2) is 7.43. The zero-order valence-electron chi connectivity index (χ0n) is 15.9. The molecule has 28 heavy (non-hydrogen) atoms. The summed E-state index contributed by atoms with van der Waals surface area (Å²) in [7, 11) is 0. The van der Waals surface area contributed by atoms with Crippen molar-refractivity contribution in [2.75, 3.05) is 13.1 Å². The maximum atomic E-state index is 12.8. The van der Waals surface area contributed by atoms with E-state index in [0.717, 1.165) is 30.8 Å². The number of piperidine rings is 1. The maximum absolute atomic E-state index is 12.8. The Bertz CT molecular complexity index is 1090. The van der Waals surface area contributed by atoms with Crippen LogP contribution in [0.5, 0.6) is 0 Å². The fourth-order valence-corrected chi connectivity index (χ4v) is 3.98. The largest absolute Gasteiger partial charge is 0.451 e. The summed E-state index contributed by atoms with van der Waals surface area (Å²) in [4.78, 5) is 26.9. The molecule has 1 fully saturated rings. The third kappa shape index (κ3) is 3.69. The maximum Gasteiger partial charge on any atom is 0.289 e. The molecule has 0 spiro atoms. The second-order valence-corrected chi connectivity index (χ2v) is 7.90. The number of nitrogens with zero attached hydrogens (tertiary/aromatic N) is 3. The van der Waals surface area contributed by atoms with Gasteiger partial charge in [-0.15, -0.1) is 0 Å². The molecule has 4 rings (SSSR count). The Labute approximate surface area is 167 Å². The average Bonchev–Trinajstić information content (AvgIpc) is 2.99. The summed E-state index contributed by atoms with van der Waals surface area (Å²) < 4.78 is 7.74. The number of halogens is 1. The molecule has 0 saturated carbocycles. The van der Waals surface area contributed by atoms with E-state index in [4.69, 9.17) is 16.0 Å². The highest BCUT2D eigenvalue weighted by atomic mass is 35.5. The lowest BCUT2D eigenvalue weighted by Gasteiger charge is -2.31. The summed E-state index contributed by atoms with van der Waals surface area (Å²) in [6.45, 7) is 6.22. The molecular formula is C21H22ClN3O3. The normalized spacial score (nSPS) is 15.3. The fraction of sp³-hybridized carbons (Fsp3) is 0.381. The minimum atomic E-state index is -0.258.